The minimum Gasteiger partial charge on any atom is -0.326 e. The number of nitrogens with zero attached hydrogens (tertiary/aromatic N) is 2. The van der Waals surface area contributed by atoms with Gasteiger partial charge in [-0.3, -0.25) is 9.59 Å². The number of alkyl halides is 3. The van der Waals surface area contributed by atoms with Crippen molar-refractivity contribution >= 4 is 17.5 Å². The van der Waals surface area contributed by atoms with Crippen LogP contribution >= 0.6 is 0 Å². The molecule has 1 saturated heterocycles. The molecule has 1 aliphatic heterocycles. The lowest BCUT2D eigenvalue weighted by Crippen LogP contribution is -2.39. The van der Waals surface area contributed by atoms with E-state index in [-0.39, 0.29) is 18.0 Å². The number of amides is 2. The highest BCUT2D eigenvalue weighted by Crippen LogP contribution is 2.23. The molecule has 0 atom stereocenters. The fourth-order valence-corrected chi connectivity index (χ4v) is 2.48. The molecule has 2 amide bonds. The van der Waals surface area contributed by atoms with Crippen LogP contribution in [-0.2, 0) is 4.79 Å². The number of hydrogen-bond donors (Lipinski definition) is 0. The molecule has 1 aromatic carbocycles. The Morgan fingerprint density at radius 1 is 1.30 bits per heavy atom. The van der Waals surface area contributed by atoms with Crippen molar-refractivity contribution in [1.29, 1.82) is 0 Å². The third kappa shape index (κ3) is 4.34. The lowest BCUT2D eigenvalue weighted by atomic mass is 10.1. The molecule has 0 aliphatic carbocycles. The molecule has 0 bridgehead atoms. The molecule has 0 N–H and O–H groups in total. The van der Waals surface area contributed by atoms with Gasteiger partial charge in [-0.2, -0.15) is 13.2 Å². The molecule has 1 fully saturated rings. The number of anilines is 1. The van der Waals surface area contributed by atoms with E-state index in [1.54, 1.807) is 17.0 Å². The van der Waals surface area contributed by atoms with Gasteiger partial charge in [-0.15, -0.1) is 6.58 Å². The van der Waals surface area contributed by atoms with Gasteiger partial charge in [-0.1, -0.05) is 6.08 Å². The fraction of sp³-hybridized carbons (Fsp3) is 0.375. The summed E-state index contributed by atoms with van der Waals surface area (Å²) in [5.41, 5.74) is 0.793. The van der Waals surface area contributed by atoms with Gasteiger partial charge in [0.05, 0.1) is 0 Å². The van der Waals surface area contributed by atoms with Crippen LogP contribution in [0.1, 0.15) is 23.2 Å². The maximum absolute atomic E-state index is 12.5. The first-order valence-corrected chi connectivity index (χ1v) is 7.19. The van der Waals surface area contributed by atoms with E-state index in [4.69, 9.17) is 0 Å². The number of halogens is 3. The largest absolute Gasteiger partial charge is 0.406 e. The Balaban J connectivity index is 2.14. The molecule has 4 nitrogen and oxygen atoms in total. The molecule has 0 radical (unpaired) electrons. The van der Waals surface area contributed by atoms with Gasteiger partial charge in [0.25, 0.3) is 5.91 Å². The first-order valence-electron chi connectivity index (χ1n) is 7.19. The number of rotatable bonds is 5. The van der Waals surface area contributed by atoms with E-state index in [1.807, 2.05) is 0 Å². The molecule has 2 rings (SSSR count). The summed E-state index contributed by atoms with van der Waals surface area (Å²) in [6.45, 7) is 2.47. The monoisotopic (exact) mass is 326 g/mol. The topological polar surface area (TPSA) is 40.6 Å². The summed E-state index contributed by atoms with van der Waals surface area (Å²) in [4.78, 5) is 26.2. The molecule has 1 heterocycles. The highest BCUT2D eigenvalue weighted by molar-refractivity contribution is 5.97. The van der Waals surface area contributed by atoms with E-state index >= 15 is 0 Å². The Hall–Kier alpha value is -2.31. The van der Waals surface area contributed by atoms with Crippen LogP contribution in [0.3, 0.4) is 0 Å². The van der Waals surface area contributed by atoms with Gasteiger partial charge in [-0.05, 0) is 30.7 Å². The molecule has 23 heavy (non-hydrogen) atoms. The minimum absolute atomic E-state index is 0.00873. The zero-order valence-electron chi connectivity index (χ0n) is 12.5. The SMILES string of the molecule is C=CCN(CC(F)(F)F)C(=O)c1ccc(N2CCCC2=O)cc1. The molecule has 0 saturated carbocycles. The van der Waals surface area contributed by atoms with Gasteiger partial charge >= 0.3 is 6.18 Å². The zero-order valence-corrected chi connectivity index (χ0v) is 12.5. The Bertz CT molecular complexity index is 596. The quantitative estimate of drug-likeness (QED) is 0.781. The molecule has 0 spiro atoms. The average molecular weight is 326 g/mol. The first-order chi connectivity index (χ1) is 10.8. The van der Waals surface area contributed by atoms with Crippen molar-refractivity contribution in [3.05, 3.63) is 42.5 Å². The van der Waals surface area contributed by atoms with Gasteiger partial charge < -0.3 is 9.80 Å². The third-order valence-electron chi connectivity index (χ3n) is 3.51. The second-order valence-electron chi connectivity index (χ2n) is 5.29. The van der Waals surface area contributed by atoms with Crippen molar-refractivity contribution in [2.24, 2.45) is 0 Å². The summed E-state index contributed by atoms with van der Waals surface area (Å²) in [6, 6.07) is 6.04. The van der Waals surface area contributed by atoms with E-state index in [1.165, 1.54) is 18.2 Å². The smallest absolute Gasteiger partial charge is 0.326 e. The Labute approximate surface area is 132 Å². The highest BCUT2D eigenvalue weighted by atomic mass is 19.4. The van der Waals surface area contributed by atoms with Crippen LogP contribution in [0.5, 0.6) is 0 Å². The summed E-state index contributed by atoms with van der Waals surface area (Å²) in [7, 11) is 0. The van der Waals surface area contributed by atoms with Crippen LogP contribution in [0.4, 0.5) is 18.9 Å². The standard InChI is InChI=1S/C16H17F3N2O2/c1-2-9-20(11-16(17,18)19)15(23)12-5-7-13(8-6-12)21-10-3-4-14(21)22/h2,5-8H,1,3-4,9-11H2. The molecule has 0 unspecified atom stereocenters. The molecule has 7 heteroatoms. The van der Waals surface area contributed by atoms with Crippen LogP contribution in [0, 0.1) is 0 Å². The second kappa shape index (κ2) is 6.85. The third-order valence-corrected chi connectivity index (χ3v) is 3.51. The summed E-state index contributed by atoms with van der Waals surface area (Å²) >= 11 is 0. The number of hydrogen-bond acceptors (Lipinski definition) is 2. The van der Waals surface area contributed by atoms with Gasteiger partial charge in [0, 0.05) is 30.8 Å². The lowest BCUT2D eigenvalue weighted by Gasteiger charge is -2.23. The zero-order chi connectivity index (χ0) is 17.0. The first kappa shape index (κ1) is 17.1. The van der Waals surface area contributed by atoms with Crippen LogP contribution in [-0.4, -0.2) is 42.5 Å². The second-order valence-corrected chi connectivity index (χ2v) is 5.29. The summed E-state index contributed by atoms with van der Waals surface area (Å²) in [5, 5.41) is 0. The van der Waals surface area contributed by atoms with Crippen LogP contribution < -0.4 is 4.90 Å². The van der Waals surface area contributed by atoms with E-state index in [2.05, 4.69) is 6.58 Å². The van der Waals surface area contributed by atoms with Gasteiger partial charge in [0.15, 0.2) is 0 Å². The van der Waals surface area contributed by atoms with Crippen molar-refractivity contribution in [3.63, 3.8) is 0 Å². The molecule has 0 aromatic heterocycles. The molecule has 124 valence electrons. The maximum atomic E-state index is 12.5. The number of benzene rings is 1. The van der Waals surface area contributed by atoms with Crippen molar-refractivity contribution in [3.8, 4) is 0 Å². The predicted molar refractivity (Wildman–Crippen MR) is 80.2 cm³/mol. The van der Waals surface area contributed by atoms with Crippen molar-refractivity contribution in [2.45, 2.75) is 19.0 Å². The number of carbonyl (C=O) groups excluding carboxylic acids is 2. The van der Waals surface area contributed by atoms with Crippen LogP contribution in [0.25, 0.3) is 0 Å². The van der Waals surface area contributed by atoms with E-state index in [0.29, 0.717) is 23.6 Å². The van der Waals surface area contributed by atoms with E-state index < -0.39 is 18.6 Å². The average Bonchev–Trinajstić information content (AvgIpc) is 2.91. The Morgan fingerprint density at radius 2 is 1.96 bits per heavy atom. The highest BCUT2D eigenvalue weighted by Gasteiger charge is 2.33. The Morgan fingerprint density at radius 3 is 2.43 bits per heavy atom. The molecular formula is C16H17F3N2O2. The maximum Gasteiger partial charge on any atom is 0.406 e. The van der Waals surface area contributed by atoms with Gasteiger partial charge in [0.1, 0.15) is 6.54 Å². The van der Waals surface area contributed by atoms with Gasteiger partial charge in [0.2, 0.25) is 5.91 Å². The van der Waals surface area contributed by atoms with Gasteiger partial charge in [-0.25, -0.2) is 0 Å². The summed E-state index contributed by atoms with van der Waals surface area (Å²) < 4.78 is 37.6. The molecular weight excluding hydrogens is 309 g/mol. The Kier molecular flexibility index (Phi) is 5.08. The predicted octanol–water partition coefficient (Wildman–Crippen LogP) is 3.00. The van der Waals surface area contributed by atoms with Crippen molar-refractivity contribution in [1.82, 2.24) is 4.90 Å². The van der Waals surface area contributed by atoms with E-state index in [0.717, 1.165) is 6.42 Å². The van der Waals surface area contributed by atoms with Crippen LogP contribution in [0.15, 0.2) is 36.9 Å². The summed E-state index contributed by atoms with van der Waals surface area (Å²) in [5.74, 6) is -0.712. The number of carbonyl (C=O) groups is 2. The fourth-order valence-electron chi connectivity index (χ4n) is 2.48. The normalized spacial score (nSPS) is 14.9. The summed E-state index contributed by atoms with van der Waals surface area (Å²) in [6.07, 6.45) is -1.96. The van der Waals surface area contributed by atoms with Crippen molar-refractivity contribution in [2.75, 3.05) is 24.5 Å². The van der Waals surface area contributed by atoms with Crippen LogP contribution in [0.2, 0.25) is 0 Å². The van der Waals surface area contributed by atoms with Crippen molar-refractivity contribution < 1.29 is 22.8 Å². The molecule has 1 aliphatic rings. The molecule has 1 aromatic rings. The van der Waals surface area contributed by atoms with E-state index in [9.17, 15) is 22.8 Å². The lowest BCUT2D eigenvalue weighted by molar-refractivity contribution is -0.139. The minimum atomic E-state index is -4.47.